The van der Waals surface area contributed by atoms with Crippen LogP contribution in [0.3, 0.4) is 0 Å². The van der Waals surface area contributed by atoms with Crippen LogP contribution >= 0.6 is 0 Å². The summed E-state index contributed by atoms with van der Waals surface area (Å²) in [5, 5.41) is 0. The lowest BCUT2D eigenvalue weighted by Crippen LogP contribution is -3.13. The number of nitrogens with one attached hydrogen (secondary N) is 1. The Morgan fingerprint density at radius 3 is 1.55 bits per heavy atom. The van der Waals surface area contributed by atoms with Gasteiger partial charge in [-0.25, -0.2) is 0 Å². The maximum atomic E-state index is 2.31. The summed E-state index contributed by atoms with van der Waals surface area (Å²) in [5.74, 6) is 1.05. The number of likely N-dealkylation sites (tertiary alicyclic amines) is 1. The molecule has 2 unspecified atom stereocenters. The van der Waals surface area contributed by atoms with Crippen molar-refractivity contribution in [2.45, 2.75) is 149 Å². The average molecular weight is 430 g/mol. The molecule has 1 aliphatic heterocycles. The van der Waals surface area contributed by atoms with Crippen molar-refractivity contribution < 1.29 is 17.3 Å². The van der Waals surface area contributed by atoms with E-state index in [1.165, 1.54) is 154 Å². The Kier molecular flexibility index (Phi) is 23.1. The fraction of sp³-hybridized carbons (Fsp3) is 1.00. The lowest BCUT2D eigenvalue weighted by Gasteiger charge is -2.30. The van der Waals surface area contributed by atoms with Gasteiger partial charge < -0.3 is 17.3 Å². The van der Waals surface area contributed by atoms with Gasteiger partial charge in [0.1, 0.15) is 0 Å². The van der Waals surface area contributed by atoms with Crippen LogP contribution in [0, 0.1) is 5.92 Å². The van der Waals surface area contributed by atoms with E-state index < -0.39 is 0 Å². The summed E-state index contributed by atoms with van der Waals surface area (Å²) in [7, 11) is 0. The molecule has 0 amide bonds. The molecule has 0 spiro atoms. The molecule has 2 heteroatoms. The minimum absolute atomic E-state index is 0. The molecule has 2 atom stereocenters. The summed E-state index contributed by atoms with van der Waals surface area (Å²) >= 11 is 0. The van der Waals surface area contributed by atoms with E-state index >= 15 is 0 Å². The molecule has 176 valence electrons. The first-order valence-electron chi connectivity index (χ1n) is 13.7. The molecular formula is C27H56ClN. The Bertz CT molecular complexity index is 279. The van der Waals surface area contributed by atoms with E-state index in [1.807, 2.05) is 4.90 Å². The van der Waals surface area contributed by atoms with E-state index in [-0.39, 0.29) is 12.4 Å². The number of piperidine rings is 1. The molecule has 0 aromatic carbocycles. The third-order valence-electron chi connectivity index (χ3n) is 7.07. The molecule has 1 rings (SSSR count). The minimum atomic E-state index is 0. The molecule has 0 radical (unpaired) electrons. The fourth-order valence-electron chi connectivity index (χ4n) is 5.16. The quantitative estimate of drug-likeness (QED) is 0.266. The van der Waals surface area contributed by atoms with Crippen molar-refractivity contribution in [3.63, 3.8) is 0 Å². The molecule has 1 N–H and O–H groups in total. The molecule has 1 fully saturated rings. The molecule has 0 aromatic rings. The first-order valence-corrected chi connectivity index (χ1v) is 13.7. The van der Waals surface area contributed by atoms with E-state index in [0.29, 0.717) is 0 Å². The Morgan fingerprint density at radius 1 is 0.586 bits per heavy atom. The summed E-state index contributed by atoms with van der Waals surface area (Å²) in [6.45, 7) is 9.04. The highest BCUT2D eigenvalue weighted by atomic mass is 35.5. The van der Waals surface area contributed by atoms with Crippen LogP contribution in [-0.2, 0) is 0 Å². The van der Waals surface area contributed by atoms with Gasteiger partial charge in [-0.05, 0) is 32.1 Å². The highest BCUT2D eigenvalue weighted by Gasteiger charge is 2.22. The topological polar surface area (TPSA) is 4.44 Å². The zero-order chi connectivity index (χ0) is 20.1. The third kappa shape index (κ3) is 18.7. The maximum Gasteiger partial charge on any atom is 0.0799 e. The summed E-state index contributed by atoms with van der Waals surface area (Å²) in [5.41, 5.74) is 0. The number of hydrogen-bond acceptors (Lipinski definition) is 0. The van der Waals surface area contributed by atoms with Crippen LogP contribution in [0.25, 0.3) is 0 Å². The van der Waals surface area contributed by atoms with Crippen LogP contribution in [0.5, 0.6) is 0 Å². The predicted molar refractivity (Wildman–Crippen MR) is 127 cm³/mol. The molecule has 0 bridgehead atoms. The van der Waals surface area contributed by atoms with Crippen LogP contribution in [0.1, 0.15) is 149 Å². The van der Waals surface area contributed by atoms with Gasteiger partial charge in [-0.3, -0.25) is 0 Å². The Morgan fingerprint density at radius 2 is 1.03 bits per heavy atom. The standard InChI is InChI=1S/C27H55N.ClH/c1-3-5-7-9-11-13-15-17-19-22-27-23-21-25-28(26-27)24-20-18-16-14-12-10-8-6-4-2;/h27H,3-26H2,1-2H3;1H. The van der Waals surface area contributed by atoms with Gasteiger partial charge in [-0.1, -0.05) is 117 Å². The Hall–Kier alpha value is 0.250. The van der Waals surface area contributed by atoms with E-state index in [9.17, 15) is 0 Å². The van der Waals surface area contributed by atoms with Crippen LogP contribution < -0.4 is 17.3 Å². The second kappa shape index (κ2) is 22.9. The van der Waals surface area contributed by atoms with Crippen molar-refractivity contribution in [1.29, 1.82) is 0 Å². The van der Waals surface area contributed by atoms with E-state index in [4.69, 9.17) is 0 Å². The largest absolute Gasteiger partial charge is 1.00 e. The number of quaternary nitrogens is 1. The minimum Gasteiger partial charge on any atom is -1.00 e. The summed E-state index contributed by atoms with van der Waals surface area (Å²) < 4.78 is 0. The molecule has 1 aliphatic rings. The van der Waals surface area contributed by atoms with Crippen molar-refractivity contribution in [2.75, 3.05) is 19.6 Å². The fourth-order valence-corrected chi connectivity index (χ4v) is 5.16. The van der Waals surface area contributed by atoms with E-state index in [0.717, 1.165) is 5.92 Å². The summed E-state index contributed by atoms with van der Waals surface area (Å²) in [6, 6.07) is 0. The first-order chi connectivity index (χ1) is 13.9. The monoisotopic (exact) mass is 429 g/mol. The first kappa shape index (κ1) is 29.2. The number of unbranched alkanes of at least 4 members (excludes halogenated alkanes) is 16. The summed E-state index contributed by atoms with van der Waals surface area (Å²) in [6.07, 6.45) is 31.0. The molecule has 0 aromatic heterocycles. The molecule has 0 aliphatic carbocycles. The zero-order valence-electron chi connectivity index (χ0n) is 20.4. The summed E-state index contributed by atoms with van der Waals surface area (Å²) in [4.78, 5) is 1.94. The van der Waals surface area contributed by atoms with Crippen molar-refractivity contribution in [3.8, 4) is 0 Å². The SMILES string of the molecule is CCCCCCCCCCCC1CCC[NH+](CCCCCCCCCCC)C1.[Cl-]. The van der Waals surface area contributed by atoms with Gasteiger partial charge >= 0.3 is 0 Å². The predicted octanol–water partition coefficient (Wildman–Crippen LogP) is 4.74. The van der Waals surface area contributed by atoms with Crippen molar-refractivity contribution in [3.05, 3.63) is 0 Å². The molecule has 29 heavy (non-hydrogen) atoms. The number of halogens is 1. The molecular weight excluding hydrogens is 374 g/mol. The van der Waals surface area contributed by atoms with Crippen LogP contribution in [0.2, 0.25) is 0 Å². The lowest BCUT2D eigenvalue weighted by molar-refractivity contribution is -0.909. The van der Waals surface area contributed by atoms with Crippen LogP contribution in [0.15, 0.2) is 0 Å². The highest BCUT2D eigenvalue weighted by Crippen LogP contribution is 2.18. The molecule has 1 heterocycles. The van der Waals surface area contributed by atoms with Gasteiger partial charge in [0.2, 0.25) is 0 Å². The van der Waals surface area contributed by atoms with Crippen molar-refractivity contribution in [2.24, 2.45) is 5.92 Å². The smallest absolute Gasteiger partial charge is 0.0799 e. The van der Waals surface area contributed by atoms with Crippen LogP contribution in [-0.4, -0.2) is 19.6 Å². The maximum absolute atomic E-state index is 2.31. The van der Waals surface area contributed by atoms with Gasteiger partial charge in [0.25, 0.3) is 0 Å². The van der Waals surface area contributed by atoms with Crippen LogP contribution in [0.4, 0.5) is 0 Å². The van der Waals surface area contributed by atoms with Gasteiger partial charge in [-0.2, -0.15) is 0 Å². The molecule has 1 nitrogen and oxygen atoms in total. The Balaban J connectivity index is 0.00000784. The van der Waals surface area contributed by atoms with E-state index in [2.05, 4.69) is 13.8 Å². The van der Waals surface area contributed by atoms with Gasteiger partial charge in [-0.15, -0.1) is 0 Å². The van der Waals surface area contributed by atoms with Crippen molar-refractivity contribution in [1.82, 2.24) is 0 Å². The number of rotatable bonds is 20. The normalized spacial score (nSPS) is 19.2. The van der Waals surface area contributed by atoms with Crippen molar-refractivity contribution >= 4 is 0 Å². The van der Waals surface area contributed by atoms with E-state index in [1.54, 1.807) is 0 Å². The average Bonchev–Trinajstić information content (AvgIpc) is 2.72. The van der Waals surface area contributed by atoms with Gasteiger partial charge in [0, 0.05) is 5.92 Å². The molecule has 1 saturated heterocycles. The zero-order valence-corrected chi connectivity index (χ0v) is 21.2. The van der Waals surface area contributed by atoms with Gasteiger partial charge in [0.05, 0.1) is 19.6 Å². The lowest BCUT2D eigenvalue weighted by atomic mass is 9.92. The Labute approximate surface area is 191 Å². The highest BCUT2D eigenvalue weighted by molar-refractivity contribution is 4.62. The number of hydrogen-bond donors (Lipinski definition) is 1. The second-order valence-electron chi connectivity index (χ2n) is 9.91. The van der Waals surface area contributed by atoms with Gasteiger partial charge in [0.15, 0.2) is 0 Å². The molecule has 0 saturated carbocycles. The second-order valence-corrected chi connectivity index (χ2v) is 9.91. The third-order valence-corrected chi connectivity index (χ3v) is 7.07.